The number of carbonyl (C=O) groups is 4. The molecule has 112 valence electrons. The molecule has 0 saturated heterocycles. The van der Waals surface area contributed by atoms with Gasteiger partial charge in [-0.2, -0.15) is 10.5 Å². The van der Waals surface area contributed by atoms with Gasteiger partial charge in [-0.15, -0.1) is 0 Å². The molecule has 0 aromatic rings. The van der Waals surface area contributed by atoms with Gasteiger partial charge in [0.2, 0.25) is 11.4 Å². The molecule has 0 fully saturated rings. The van der Waals surface area contributed by atoms with E-state index in [-0.39, 0.29) is 11.6 Å². The van der Waals surface area contributed by atoms with Gasteiger partial charge in [-0.05, 0) is 24.3 Å². The van der Waals surface area contributed by atoms with Crippen LogP contribution in [0.3, 0.4) is 0 Å². The van der Waals surface area contributed by atoms with Crippen LogP contribution in [0.4, 0.5) is 0 Å². The van der Waals surface area contributed by atoms with E-state index in [9.17, 15) is 19.2 Å². The van der Waals surface area contributed by atoms with Crippen LogP contribution in [0.2, 0.25) is 0 Å². The van der Waals surface area contributed by atoms with Crippen LogP contribution in [0, 0.1) is 35.8 Å². The molecule has 0 unspecified atom stereocenters. The van der Waals surface area contributed by atoms with E-state index in [1.54, 1.807) is 0 Å². The molecule has 2 rings (SSSR count). The summed E-state index contributed by atoms with van der Waals surface area (Å²) < 4.78 is 0. The molecule has 0 saturated carbocycles. The zero-order valence-electron chi connectivity index (χ0n) is 11.7. The predicted molar refractivity (Wildman–Crippen MR) is 76.8 cm³/mol. The normalized spacial score (nSPS) is 15.8. The molecule has 0 aliphatic heterocycles. The third kappa shape index (κ3) is 3.43. The lowest BCUT2D eigenvalue weighted by molar-refractivity contribution is -0.115. The van der Waals surface area contributed by atoms with Crippen molar-refractivity contribution >= 4 is 23.1 Å². The average molecular weight is 316 g/mol. The van der Waals surface area contributed by atoms with Gasteiger partial charge in [-0.25, -0.2) is 9.69 Å². The second kappa shape index (κ2) is 7.56. The van der Waals surface area contributed by atoms with E-state index < -0.39 is 34.1 Å². The highest BCUT2D eigenvalue weighted by Crippen LogP contribution is 2.25. The zero-order chi connectivity index (χ0) is 18.3. The van der Waals surface area contributed by atoms with Crippen molar-refractivity contribution < 1.29 is 19.2 Å². The molecular weight excluding hydrogens is 312 g/mol. The SMILES string of the molecule is O=C1C=CC(=O)C=C1.[C-]#[N+]C1=C([N+]#[C-])C(=O)C(C#N)=C(C#N)C1=O. The first-order valence-corrected chi connectivity index (χ1v) is 5.98. The third-order valence-corrected chi connectivity index (χ3v) is 2.63. The van der Waals surface area contributed by atoms with E-state index in [1.165, 1.54) is 36.4 Å². The minimum Gasteiger partial charge on any atom is -0.303 e. The molecule has 24 heavy (non-hydrogen) atoms. The molecule has 0 heterocycles. The molecule has 0 amide bonds. The van der Waals surface area contributed by atoms with Gasteiger partial charge >= 0.3 is 0 Å². The fourth-order valence-electron chi connectivity index (χ4n) is 1.54. The van der Waals surface area contributed by atoms with E-state index in [0.29, 0.717) is 0 Å². The highest BCUT2D eigenvalue weighted by atomic mass is 16.1. The maximum absolute atomic E-state index is 11.5. The fourth-order valence-corrected chi connectivity index (χ4v) is 1.54. The average Bonchev–Trinajstić information content (AvgIpc) is 2.58. The number of hydrogen-bond acceptors (Lipinski definition) is 6. The number of carbonyl (C=O) groups excluding carboxylic acids is 4. The molecule has 0 aromatic carbocycles. The van der Waals surface area contributed by atoms with Crippen LogP contribution in [-0.2, 0) is 19.2 Å². The van der Waals surface area contributed by atoms with Crippen molar-refractivity contribution in [3.63, 3.8) is 0 Å². The molecule has 2 aliphatic rings. The van der Waals surface area contributed by atoms with Crippen molar-refractivity contribution in [2.24, 2.45) is 0 Å². The van der Waals surface area contributed by atoms with Gasteiger partial charge in [-0.3, -0.25) is 9.59 Å². The van der Waals surface area contributed by atoms with Gasteiger partial charge < -0.3 is 9.59 Å². The summed E-state index contributed by atoms with van der Waals surface area (Å²) in [5, 5.41) is 17.2. The summed E-state index contributed by atoms with van der Waals surface area (Å²) in [7, 11) is 0. The highest BCUT2D eigenvalue weighted by molar-refractivity contribution is 6.29. The first-order chi connectivity index (χ1) is 11.4. The Balaban J connectivity index is 0.000000300. The second-order valence-corrected chi connectivity index (χ2v) is 4.02. The second-order valence-electron chi connectivity index (χ2n) is 4.02. The number of ketones is 4. The number of nitrogens with zero attached hydrogens (tertiary/aromatic N) is 4. The summed E-state index contributed by atoms with van der Waals surface area (Å²) in [6.45, 7) is 13.4. The van der Waals surface area contributed by atoms with E-state index >= 15 is 0 Å². The quantitative estimate of drug-likeness (QED) is 0.480. The predicted octanol–water partition coefficient (Wildman–Crippen LogP) is 0.783. The summed E-state index contributed by atoms with van der Waals surface area (Å²) in [4.78, 5) is 49.0. The van der Waals surface area contributed by atoms with Crippen LogP contribution in [0.25, 0.3) is 9.69 Å². The molecular formula is C16H4N4O4. The van der Waals surface area contributed by atoms with Gasteiger partial charge in [-0.1, -0.05) is 0 Å². The molecule has 8 nitrogen and oxygen atoms in total. The molecule has 0 bridgehead atoms. The van der Waals surface area contributed by atoms with Crippen LogP contribution in [0.1, 0.15) is 0 Å². The summed E-state index contributed by atoms with van der Waals surface area (Å²) in [6, 6.07) is 2.80. The van der Waals surface area contributed by atoms with Crippen LogP contribution in [0.15, 0.2) is 46.8 Å². The minimum atomic E-state index is -1.04. The summed E-state index contributed by atoms with van der Waals surface area (Å²) in [5.74, 6) is -2.33. The Morgan fingerprint density at radius 3 is 1.21 bits per heavy atom. The molecule has 0 radical (unpaired) electrons. The monoisotopic (exact) mass is 316 g/mol. The van der Waals surface area contributed by atoms with Crippen LogP contribution in [0.5, 0.6) is 0 Å². The van der Waals surface area contributed by atoms with Gasteiger partial charge in [0, 0.05) is 0 Å². The summed E-state index contributed by atoms with van der Waals surface area (Å²) in [5.41, 5.74) is -2.75. The van der Waals surface area contributed by atoms with Crippen LogP contribution in [-0.4, -0.2) is 23.1 Å². The van der Waals surface area contributed by atoms with E-state index in [0.717, 1.165) is 0 Å². The van der Waals surface area contributed by atoms with Gasteiger partial charge in [0.25, 0.3) is 0 Å². The Labute approximate surface area is 135 Å². The van der Waals surface area contributed by atoms with Crippen molar-refractivity contribution in [2.45, 2.75) is 0 Å². The number of rotatable bonds is 0. The highest BCUT2D eigenvalue weighted by Gasteiger charge is 2.35. The molecule has 8 heteroatoms. The van der Waals surface area contributed by atoms with Crippen molar-refractivity contribution in [1.29, 1.82) is 10.5 Å². The van der Waals surface area contributed by atoms with Crippen LogP contribution >= 0.6 is 0 Å². The lowest BCUT2D eigenvalue weighted by Crippen LogP contribution is -2.20. The first-order valence-electron chi connectivity index (χ1n) is 5.98. The van der Waals surface area contributed by atoms with E-state index in [4.69, 9.17) is 23.7 Å². The Morgan fingerprint density at radius 1 is 0.708 bits per heavy atom. The summed E-state index contributed by atoms with van der Waals surface area (Å²) in [6.07, 6.45) is 5.01. The molecule has 2 aliphatic carbocycles. The Hall–Kier alpha value is -4.40. The van der Waals surface area contributed by atoms with E-state index in [1.807, 2.05) is 0 Å². The summed E-state index contributed by atoms with van der Waals surface area (Å²) >= 11 is 0. The maximum atomic E-state index is 11.5. The number of allylic oxidation sites excluding steroid dienone is 6. The largest absolute Gasteiger partial charge is 0.303 e. The molecule has 0 N–H and O–H groups in total. The van der Waals surface area contributed by atoms with E-state index in [2.05, 4.69) is 9.69 Å². The maximum Gasteiger partial charge on any atom is 0.246 e. The fraction of sp³-hybridized carbons (Fsp3) is 0. The van der Waals surface area contributed by atoms with Crippen LogP contribution < -0.4 is 0 Å². The first kappa shape index (κ1) is 17.7. The Bertz CT molecular complexity index is 816. The van der Waals surface area contributed by atoms with Crippen molar-refractivity contribution in [3.8, 4) is 12.1 Å². The Morgan fingerprint density at radius 2 is 1.00 bits per heavy atom. The van der Waals surface area contributed by atoms with Crippen molar-refractivity contribution in [2.75, 3.05) is 0 Å². The molecule has 0 spiro atoms. The topological polar surface area (TPSA) is 125 Å². The number of nitriles is 2. The van der Waals surface area contributed by atoms with Gasteiger partial charge in [0.05, 0.1) is 13.1 Å². The van der Waals surface area contributed by atoms with Gasteiger partial charge in [0.1, 0.15) is 23.3 Å². The smallest absolute Gasteiger partial charge is 0.246 e. The number of Topliss-reactive ketones (excluding diaryl/α,β-unsaturated/α-hetero) is 2. The molecule has 0 aromatic heterocycles. The lowest BCUT2D eigenvalue weighted by Gasteiger charge is -2.08. The van der Waals surface area contributed by atoms with Crippen molar-refractivity contribution in [3.05, 3.63) is 69.7 Å². The standard InChI is InChI=1S/C10N4O2.C6H4O2/c1-13-7-8(14-2)10(16)6(4-12)5(3-11)9(7)15;7-5-1-2-6(8)4-3-5/h;1-4H. The van der Waals surface area contributed by atoms with Crippen molar-refractivity contribution in [1.82, 2.24) is 0 Å². The van der Waals surface area contributed by atoms with Gasteiger partial charge in [0.15, 0.2) is 23.1 Å². The third-order valence-electron chi connectivity index (χ3n) is 2.63. The lowest BCUT2D eigenvalue weighted by atomic mass is 9.92. The molecule has 0 atom stereocenters. The number of hydrogen-bond donors (Lipinski definition) is 0. The zero-order valence-corrected chi connectivity index (χ0v) is 11.7. The Kier molecular flexibility index (Phi) is 5.56. The minimum absolute atomic E-state index is 0.121.